The summed E-state index contributed by atoms with van der Waals surface area (Å²) in [6.45, 7) is 6.77. The first-order chi connectivity index (χ1) is 12.2. The van der Waals surface area contributed by atoms with Crippen molar-refractivity contribution in [3.05, 3.63) is 53.9 Å². The summed E-state index contributed by atoms with van der Waals surface area (Å²) in [5.41, 5.74) is 4.29. The van der Waals surface area contributed by atoms with Gasteiger partial charge in [0.15, 0.2) is 0 Å². The lowest BCUT2D eigenvalue weighted by atomic mass is 10.0. The number of nitrogens with zero attached hydrogens (tertiary/aromatic N) is 3. The van der Waals surface area contributed by atoms with Gasteiger partial charge >= 0.3 is 0 Å². The minimum Gasteiger partial charge on any atom is -0.340 e. The monoisotopic (exact) mass is 337 g/mol. The molecule has 132 valence electrons. The molecular weight excluding hydrogens is 310 g/mol. The van der Waals surface area contributed by atoms with Crippen LogP contribution in [0.4, 0.5) is 11.4 Å². The van der Waals surface area contributed by atoms with Crippen molar-refractivity contribution in [1.29, 1.82) is 0 Å². The van der Waals surface area contributed by atoms with Crippen molar-refractivity contribution in [2.24, 2.45) is 0 Å². The minimum absolute atomic E-state index is 0.0864. The highest BCUT2D eigenvalue weighted by atomic mass is 16.2. The number of carbonyl (C=O) groups is 1. The molecule has 1 aliphatic rings. The maximum Gasteiger partial charge on any atom is 0.255 e. The van der Waals surface area contributed by atoms with Gasteiger partial charge in [-0.05, 0) is 43.4 Å². The molecule has 0 spiro atoms. The molecule has 1 aromatic heterocycles. The fourth-order valence-electron chi connectivity index (χ4n) is 3.53. The summed E-state index contributed by atoms with van der Waals surface area (Å²) in [6, 6.07) is 10.5. The topological polar surface area (TPSA) is 36.4 Å². The first-order valence-corrected chi connectivity index (χ1v) is 9.34. The fraction of sp³-hybridized carbons (Fsp3) is 0.429. The Morgan fingerprint density at radius 3 is 2.68 bits per heavy atom. The summed E-state index contributed by atoms with van der Waals surface area (Å²) in [5.74, 6) is 0.0864. The molecular formula is C21H27N3O. The molecule has 0 aliphatic carbocycles. The van der Waals surface area contributed by atoms with Gasteiger partial charge in [-0.2, -0.15) is 0 Å². The Labute approximate surface area is 150 Å². The Hall–Kier alpha value is -2.36. The number of carbonyl (C=O) groups excluding carboxylic acids is 1. The number of anilines is 2. The van der Waals surface area contributed by atoms with Gasteiger partial charge in [0.25, 0.3) is 5.91 Å². The van der Waals surface area contributed by atoms with E-state index in [0.717, 1.165) is 51.0 Å². The Morgan fingerprint density at radius 1 is 1.16 bits per heavy atom. The fourth-order valence-corrected chi connectivity index (χ4v) is 3.53. The van der Waals surface area contributed by atoms with E-state index in [1.54, 1.807) is 6.20 Å². The zero-order chi connectivity index (χ0) is 17.6. The lowest BCUT2D eigenvalue weighted by molar-refractivity contribution is 0.0755. The van der Waals surface area contributed by atoms with Crippen LogP contribution in [0.5, 0.6) is 0 Å². The Bertz CT molecular complexity index is 723. The molecule has 1 amide bonds. The quantitative estimate of drug-likeness (QED) is 0.782. The van der Waals surface area contributed by atoms with Gasteiger partial charge in [0.1, 0.15) is 0 Å². The van der Waals surface area contributed by atoms with Crippen LogP contribution in [-0.4, -0.2) is 35.4 Å². The number of para-hydroxylation sites is 1. The van der Waals surface area contributed by atoms with Gasteiger partial charge in [-0.1, -0.05) is 32.0 Å². The Kier molecular flexibility index (Phi) is 5.69. The summed E-state index contributed by atoms with van der Waals surface area (Å²) in [4.78, 5) is 21.5. The number of benzene rings is 1. The van der Waals surface area contributed by atoms with Crippen LogP contribution in [0, 0.1) is 0 Å². The van der Waals surface area contributed by atoms with Crippen molar-refractivity contribution < 1.29 is 4.79 Å². The Morgan fingerprint density at radius 2 is 1.92 bits per heavy atom. The maximum absolute atomic E-state index is 12.9. The zero-order valence-corrected chi connectivity index (χ0v) is 15.2. The maximum atomic E-state index is 12.9. The normalized spacial score (nSPS) is 13.4. The highest BCUT2D eigenvalue weighted by Crippen LogP contribution is 2.33. The van der Waals surface area contributed by atoms with E-state index in [1.165, 1.54) is 11.3 Å². The summed E-state index contributed by atoms with van der Waals surface area (Å²) in [5, 5.41) is 0. The van der Waals surface area contributed by atoms with Gasteiger partial charge < -0.3 is 9.80 Å². The van der Waals surface area contributed by atoms with Crippen molar-refractivity contribution in [3.8, 4) is 0 Å². The molecule has 1 aliphatic heterocycles. The molecule has 0 fully saturated rings. The van der Waals surface area contributed by atoms with Crippen LogP contribution in [0.15, 0.2) is 42.7 Å². The van der Waals surface area contributed by atoms with Gasteiger partial charge in [-0.25, -0.2) is 0 Å². The van der Waals surface area contributed by atoms with Gasteiger partial charge in [0, 0.05) is 31.5 Å². The SMILES string of the molecule is CCCN(CCC)C(=O)c1cncc(N2CCCc3ccccc32)c1. The second kappa shape index (κ2) is 8.15. The number of fused-ring (bicyclic) bond motifs is 1. The van der Waals surface area contributed by atoms with Crippen LogP contribution in [0.3, 0.4) is 0 Å². The van der Waals surface area contributed by atoms with E-state index in [2.05, 4.69) is 48.0 Å². The molecule has 4 heteroatoms. The summed E-state index contributed by atoms with van der Waals surface area (Å²) < 4.78 is 0. The molecule has 0 unspecified atom stereocenters. The smallest absolute Gasteiger partial charge is 0.255 e. The van der Waals surface area contributed by atoms with Crippen molar-refractivity contribution in [1.82, 2.24) is 9.88 Å². The van der Waals surface area contributed by atoms with Crippen LogP contribution in [0.2, 0.25) is 0 Å². The van der Waals surface area contributed by atoms with Gasteiger partial charge in [-0.3, -0.25) is 9.78 Å². The number of hydrogen-bond acceptors (Lipinski definition) is 3. The zero-order valence-electron chi connectivity index (χ0n) is 15.2. The number of hydrogen-bond donors (Lipinski definition) is 0. The number of aromatic nitrogens is 1. The van der Waals surface area contributed by atoms with Gasteiger partial charge in [0.05, 0.1) is 17.4 Å². The molecule has 2 aromatic rings. The van der Waals surface area contributed by atoms with E-state index in [0.29, 0.717) is 5.56 Å². The van der Waals surface area contributed by atoms with Crippen LogP contribution in [0.25, 0.3) is 0 Å². The number of aryl methyl sites for hydroxylation is 1. The molecule has 0 saturated heterocycles. The van der Waals surface area contributed by atoms with E-state index in [4.69, 9.17) is 0 Å². The molecule has 0 saturated carbocycles. The standard InChI is InChI=1S/C21H27N3O/c1-3-11-23(12-4-2)21(25)18-14-19(16-22-15-18)24-13-7-9-17-8-5-6-10-20(17)24/h5-6,8,10,14-16H,3-4,7,9,11-13H2,1-2H3. The highest BCUT2D eigenvalue weighted by molar-refractivity contribution is 5.95. The summed E-state index contributed by atoms with van der Waals surface area (Å²) in [6.07, 6.45) is 7.73. The average Bonchev–Trinajstić information content (AvgIpc) is 2.67. The van der Waals surface area contributed by atoms with Crippen LogP contribution >= 0.6 is 0 Å². The second-order valence-corrected chi connectivity index (χ2v) is 6.61. The van der Waals surface area contributed by atoms with E-state index < -0.39 is 0 Å². The Balaban J connectivity index is 1.88. The largest absolute Gasteiger partial charge is 0.340 e. The minimum atomic E-state index is 0.0864. The molecule has 25 heavy (non-hydrogen) atoms. The molecule has 2 heterocycles. The van der Waals surface area contributed by atoms with Crippen molar-refractivity contribution in [3.63, 3.8) is 0 Å². The van der Waals surface area contributed by atoms with Crippen molar-refractivity contribution in [2.75, 3.05) is 24.5 Å². The molecule has 0 bridgehead atoms. The number of amides is 1. The lowest BCUT2D eigenvalue weighted by Gasteiger charge is -2.31. The third-order valence-electron chi connectivity index (χ3n) is 4.67. The second-order valence-electron chi connectivity index (χ2n) is 6.61. The first-order valence-electron chi connectivity index (χ1n) is 9.34. The highest BCUT2D eigenvalue weighted by Gasteiger charge is 2.20. The molecule has 4 nitrogen and oxygen atoms in total. The van der Waals surface area contributed by atoms with Gasteiger partial charge in [0.2, 0.25) is 0 Å². The molecule has 0 radical (unpaired) electrons. The van der Waals surface area contributed by atoms with E-state index in [-0.39, 0.29) is 5.91 Å². The lowest BCUT2D eigenvalue weighted by Crippen LogP contribution is -2.33. The van der Waals surface area contributed by atoms with Crippen molar-refractivity contribution >= 4 is 17.3 Å². The summed E-state index contributed by atoms with van der Waals surface area (Å²) >= 11 is 0. The van der Waals surface area contributed by atoms with Crippen LogP contribution < -0.4 is 4.90 Å². The summed E-state index contributed by atoms with van der Waals surface area (Å²) in [7, 11) is 0. The first kappa shape index (κ1) is 17.5. The van der Waals surface area contributed by atoms with E-state index in [1.807, 2.05) is 17.2 Å². The number of pyridine rings is 1. The van der Waals surface area contributed by atoms with E-state index >= 15 is 0 Å². The van der Waals surface area contributed by atoms with Gasteiger partial charge in [-0.15, -0.1) is 0 Å². The predicted molar refractivity (Wildman–Crippen MR) is 102 cm³/mol. The predicted octanol–water partition coefficient (Wildman–Crippen LogP) is 4.43. The van der Waals surface area contributed by atoms with E-state index in [9.17, 15) is 4.79 Å². The molecule has 0 atom stereocenters. The third-order valence-corrected chi connectivity index (χ3v) is 4.67. The van der Waals surface area contributed by atoms with Crippen LogP contribution in [-0.2, 0) is 6.42 Å². The average molecular weight is 337 g/mol. The number of rotatable bonds is 6. The molecule has 3 rings (SSSR count). The molecule has 1 aromatic carbocycles. The molecule has 0 N–H and O–H groups in total. The third kappa shape index (κ3) is 3.84. The van der Waals surface area contributed by atoms with Crippen molar-refractivity contribution in [2.45, 2.75) is 39.5 Å². The van der Waals surface area contributed by atoms with Crippen LogP contribution in [0.1, 0.15) is 49.0 Å².